The van der Waals surface area contributed by atoms with E-state index < -0.39 is 0 Å². The smallest absolute Gasteiger partial charge is 0.229 e. The van der Waals surface area contributed by atoms with E-state index in [1.54, 1.807) is 12.4 Å². The summed E-state index contributed by atoms with van der Waals surface area (Å²) in [6.45, 7) is 0. The van der Waals surface area contributed by atoms with E-state index in [2.05, 4.69) is 15.5 Å². The van der Waals surface area contributed by atoms with Crippen molar-refractivity contribution in [1.82, 2.24) is 10.2 Å². The number of hydrogen-bond acceptors (Lipinski definition) is 3. The van der Waals surface area contributed by atoms with Crippen LogP contribution in [0.5, 0.6) is 0 Å². The maximum absolute atomic E-state index is 11.3. The van der Waals surface area contributed by atoms with Crippen molar-refractivity contribution in [1.29, 1.82) is 0 Å². The minimum atomic E-state index is -0.0103. The molecule has 1 aliphatic carbocycles. The Bertz CT molecular complexity index is 282. The fourth-order valence-electron chi connectivity index (χ4n) is 1.07. The predicted octanol–water partition coefficient (Wildman–Crippen LogP) is -0.305. The molecule has 1 aromatic heterocycles. The lowest BCUT2D eigenvalue weighted by Gasteiger charge is -1.98. The average molecular weight is 166 g/mol. The Morgan fingerprint density at radius 3 is 3.08 bits per heavy atom. The first-order valence-electron chi connectivity index (χ1n) is 3.82. The molecule has 0 saturated heterocycles. The molecule has 1 amide bonds. The van der Waals surface area contributed by atoms with Crippen LogP contribution in [-0.2, 0) is 4.79 Å². The quantitative estimate of drug-likeness (QED) is 0.563. The normalized spacial score (nSPS) is 26.8. The number of aromatic amines is 1. The van der Waals surface area contributed by atoms with Gasteiger partial charge in [0, 0.05) is 12.2 Å². The van der Waals surface area contributed by atoms with Gasteiger partial charge in [0.1, 0.15) is 0 Å². The fraction of sp³-hybridized carbons (Fsp3) is 0.429. The molecule has 2 unspecified atom stereocenters. The van der Waals surface area contributed by atoms with Crippen LogP contribution in [0.25, 0.3) is 0 Å². The van der Waals surface area contributed by atoms with Gasteiger partial charge in [-0.2, -0.15) is 5.10 Å². The Morgan fingerprint density at radius 1 is 1.83 bits per heavy atom. The number of carbonyl (C=O) groups excluding carboxylic acids is 1. The van der Waals surface area contributed by atoms with Crippen LogP contribution in [0.4, 0.5) is 5.69 Å². The highest BCUT2D eigenvalue weighted by atomic mass is 16.2. The summed E-state index contributed by atoms with van der Waals surface area (Å²) in [6, 6.07) is 0.0527. The standard InChI is InChI=1S/C7H10N4O/c8-6-1-5(6)7(12)11-4-2-9-10-3-4/h2-3,5-6H,1,8H2,(H,9,10)(H,11,12). The molecule has 1 fully saturated rings. The summed E-state index contributed by atoms with van der Waals surface area (Å²) in [4.78, 5) is 11.3. The highest BCUT2D eigenvalue weighted by molar-refractivity contribution is 5.94. The number of anilines is 1. The molecular weight excluding hydrogens is 156 g/mol. The first-order chi connectivity index (χ1) is 5.77. The van der Waals surface area contributed by atoms with E-state index in [-0.39, 0.29) is 17.9 Å². The zero-order chi connectivity index (χ0) is 8.55. The maximum Gasteiger partial charge on any atom is 0.229 e. The third kappa shape index (κ3) is 1.31. The summed E-state index contributed by atoms with van der Waals surface area (Å²) in [5, 5.41) is 9.01. The van der Waals surface area contributed by atoms with Gasteiger partial charge in [0.25, 0.3) is 0 Å². The van der Waals surface area contributed by atoms with Crippen LogP contribution in [0.3, 0.4) is 0 Å². The van der Waals surface area contributed by atoms with E-state index in [9.17, 15) is 4.79 Å². The van der Waals surface area contributed by atoms with Gasteiger partial charge in [-0.25, -0.2) is 0 Å². The van der Waals surface area contributed by atoms with Crippen molar-refractivity contribution in [2.24, 2.45) is 11.7 Å². The second kappa shape index (κ2) is 2.60. The van der Waals surface area contributed by atoms with Gasteiger partial charge in [-0.1, -0.05) is 0 Å². The minimum absolute atomic E-state index is 0.0000926. The summed E-state index contributed by atoms with van der Waals surface area (Å²) in [6.07, 6.45) is 3.99. The first-order valence-corrected chi connectivity index (χ1v) is 3.82. The van der Waals surface area contributed by atoms with Gasteiger partial charge in [-0.15, -0.1) is 0 Å². The van der Waals surface area contributed by atoms with Gasteiger partial charge in [-0.3, -0.25) is 9.89 Å². The molecule has 0 bridgehead atoms. The number of carbonyl (C=O) groups is 1. The van der Waals surface area contributed by atoms with Crippen LogP contribution < -0.4 is 11.1 Å². The average Bonchev–Trinajstić information content (AvgIpc) is 2.58. The summed E-state index contributed by atoms with van der Waals surface area (Å²) in [5.41, 5.74) is 6.21. The third-order valence-electron chi connectivity index (χ3n) is 1.94. The molecule has 0 aliphatic heterocycles. The number of H-pyrrole nitrogens is 1. The summed E-state index contributed by atoms with van der Waals surface area (Å²) in [7, 11) is 0. The Labute approximate surface area is 69.3 Å². The van der Waals surface area contributed by atoms with Gasteiger partial charge in [0.2, 0.25) is 5.91 Å². The zero-order valence-electron chi connectivity index (χ0n) is 6.45. The van der Waals surface area contributed by atoms with Crippen molar-refractivity contribution in [3.05, 3.63) is 12.4 Å². The SMILES string of the molecule is NC1CC1C(=O)Nc1cn[nH]c1. The van der Waals surface area contributed by atoms with Crippen molar-refractivity contribution >= 4 is 11.6 Å². The molecule has 64 valence electrons. The number of nitrogens with one attached hydrogen (secondary N) is 2. The summed E-state index contributed by atoms with van der Waals surface area (Å²) >= 11 is 0. The molecule has 2 atom stereocenters. The van der Waals surface area contributed by atoms with Gasteiger partial charge in [-0.05, 0) is 6.42 Å². The Balaban J connectivity index is 1.92. The molecule has 0 aromatic carbocycles. The van der Waals surface area contributed by atoms with Gasteiger partial charge >= 0.3 is 0 Å². The number of nitrogens with two attached hydrogens (primary N) is 1. The highest BCUT2D eigenvalue weighted by Gasteiger charge is 2.39. The summed E-state index contributed by atoms with van der Waals surface area (Å²) in [5.74, 6) is -0.0104. The van der Waals surface area contributed by atoms with E-state index in [1.165, 1.54) is 0 Å². The molecule has 1 aromatic rings. The molecule has 1 aliphatic rings. The third-order valence-corrected chi connectivity index (χ3v) is 1.94. The molecule has 1 heterocycles. The fourth-order valence-corrected chi connectivity index (χ4v) is 1.07. The zero-order valence-corrected chi connectivity index (χ0v) is 6.45. The Hall–Kier alpha value is -1.36. The van der Waals surface area contributed by atoms with E-state index in [0.717, 1.165) is 6.42 Å². The molecule has 5 nitrogen and oxygen atoms in total. The Morgan fingerprint density at radius 2 is 2.58 bits per heavy atom. The molecule has 2 rings (SSSR count). The first kappa shape index (κ1) is 7.30. The lowest BCUT2D eigenvalue weighted by molar-refractivity contribution is -0.117. The molecule has 0 spiro atoms. The van der Waals surface area contributed by atoms with Crippen LogP contribution in [0, 0.1) is 5.92 Å². The monoisotopic (exact) mass is 166 g/mol. The number of nitrogens with zero attached hydrogens (tertiary/aromatic N) is 1. The minimum Gasteiger partial charge on any atom is -0.327 e. The largest absolute Gasteiger partial charge is 0.327 e. The summed E-state index contributed by atoms with van der Waals surface area (Å²) < 4.78 is 0. The van der Waals surface area contributed by atoms with E-state index >= 15 is 0 Å². The molecular formula is C7H10N4O. The van der Waals surface area contributed by atoms with Crippen molar-refractivity contribution in [3.8, 4) is 0 Å². The molecule has 12 heavy (non-hydrogen) atoms. The van der Waals surface area contributed by atoms with E-state index in [0.29, 0.717) is 5.69 Å². The molecule has 1 saturated carbocycles. The van der Waals surface area contributed by atoms with Crippen LogP contribution in [0.1, 0.15) is 6.42 Å². The maximum atomic E-state index is 11.3. The van der Waals surface area contributed by atoms with E-state index in [1.807, 2.05) is 0 Å². The van der Waals surface area contributed by atoms with Crippen LogP contribution in [0.15, 0.2) is 12.4 Å². The lowest BCUT2D eigenvalue weighted by atomic mass is 10.3. The number of hydrogen-bond donors (Lipinski definition) is 3. The van der Waals surface area contributed by atoms with Crippen LogP contribution >= 0.6 is 0 Å². The van der Waals surface area contributed by atoms with Crippen LogP contribution in [0.2, 0.25) is 0 Å². The van der Waals surface area contributed by atoms with E-state index in [4.69, 9.17) is 5.73 Å². The van der Waals surface area contributed by atoms with Crippen molar-refractivity contribution < 1.29 is 4.79 Å². The number of amides is 1. The second-order valence-corrected chi connectivity index (χ2v) is 2.98. The van der Waals surface area contributed by atoms with Gasteiger partial charge in [0.05, 0.1) is 17.8 Å². The molecule has 5 heteroatoms. The lowest BCUT2D eigenvalue weighted by Crippen LogP contribution is -2.18. The van der Waals surface area contributed by atoms with Gasteiger partial charge in [0.15, 0.2) is 0 Å². The highest BCUT2D eigenvalue weighted by Crippen LogP contribution is 2.28. The predicted molar refractivity (Wildman–Crippen MR) is 43.3 cm³/mol. The topological polar surface area (TPSA) is 83.8 Å². The van der Waals surface area contributed by atoms with Crippen LogP contribution in [-0.4, -0.2) is 22.1 Å². The molecule has 0 radical (unpaired) electrons. The number of rotatable bonds is 2. The van der Waals surface area contributed by atoms with Crippen molar-refractivity contribution in [2.75, 3.05) is 5.32 Å². The molecule has 4 N–H and O–H groups in total. The Kier molecular flexibility index (Phi) is 1.58. The second-order valence-electron chi connectivity index (χ2n) is 2.98. The van der Waals surface area contributed by atoms with Crippen molar-refractivity contribution in [3.63, 3.8) is 0 Å². The van der Waals surface area contributed by atoms with Crippen molar-refractivity contribution in [2.45, 2.75) is 12.5 Å². The van der Waals surface area contributed by atoms with Gasteiger partial charge < -0.3 is 11.1 Å². The number of aromatic nitrogens is 2.